The number of nitrogens with one attached hydrogen (secondary N) is 11. The lowest BCUT2D eigenvalue weighted by Crippen LogP contribution is -2.29. The van der Waals surface area contributed by atoms with Crippen LogP contribution in [-0.2, 0) is 75.6 Å². The van der Waals surface area contributed by atoms with Crippen molar-refractivity contribution in [3.05, 3.63) is 156 Å². The Labute approximate surface area is 568 Å². The maximum atomic E-state index is 13.4. The third-order valence-corrected chi connectivity index (χ3v) is 15.7. The number of hydrogen-bond donors (Lipinski definition) is 11. The Morgan fingerprint density at radius 2 is 0.687 bits per heavy atom. The van der Waals surface area contributed by atoms with Crippen LogP contribution < -0.4 is 58.5 Å². The molecule has 0 spiro atoms. The number of thioether (sulfide) groups is 1. The average molecular weight is 1370 g/mol. The van der Waals surface area contributed by atoms with Crippen LogP contribution in [0, 0.1) is 0 Å². The molecule has 8 aromatic heterocycles. The van der Waals surface area contributed by atoms with E-state index < -0.39 is 65.0 Å². The third kappa shape index (κ3) is 18.7. The van der Waals surface area contributed by atoms with E-state index in [1.807, 2.05) is 30.3 Å². The normalized spacial score (nSPS) is 10.9. The van der Waals surface area contributed by atoms with E-state index in [4.69, 9.17) is 0 Å². The Balaban J connectivity index is 0.644. The maximum absolute atomic E-state index is 13.4. The molecular weight excluding hydrogens is 1300 g/mol. The van der Waals surface area contributed by atoms with Crippen LogP contribution >= 0.6 is 11.8 Å². The van der Waals surface area contributed by atoms with Gasteiger partial charge >= 0.3 is 0 Å². The van der Waals surface area contributed by atoms with Gasteiger partial charge in [0.25, 0.3) is 47.3 Å². The summed E-state index contributed by atoms with van der Waals surface area (Å²) in [5.74, 6) is -5.51. The van der Waals surface area contributed by atoms with E-state index >= 15 is 0 Å². The Morgan fingerprint density at radius 1 is 0.354 bits per heavy atom. The Morgan fingerprint density at radius 3 is 1.04 bits per heavy atom. The van der Waals surface area contributed by atoms with Gasteiger partial charge < -0.3 is 95.0 Å². The molecule has 99 heavy (non-hydrogen) atoms. The summed E-state index contributed by atoms with van der Waals surface area (Å²) in [6.07, 6.45) is 13.6. The van der Waals surface area contributed by atoms with E-state index in [1.165, 1.54) is 93.4 Å². The zero-order chi connectivity index (χ0) is 71.2. The predicted molar refractivity (Wildman–Crippen MR) is 362 cm³/mol. The van der Waals surface area contributed by atoms with Crippen molar-refractivity contribution in [1.29, 1.82) is 0 Å². The molecule has 0 aliphatic carbocycles. The fraction of sp³-hybridized carbons (Fsp3) is 0.270. The number of carbonyl (C=O) groups is 12. The highest BCUT2D eigenvalue weighted by molar-refractivity contribution is 8.13. The molecule has 9 rings (SSSR count). The number of aryl methyl sites for hydroxylation is 8. The monoisotopic (exact) mass is 1370 g/mol. The first-order valence-electron chi connectivity index (χ1n) is 30.5. The van der Waals surface area contributed by atoms with E-state index in [2.05, 4.69) is 78.4 Å². The molecule has 0 unspecified atom stereocenters. The molecule has 0 saturated heterocycles. The molecule has 0 saturated carbocycles. The van der Waals surface area contributed by atoms with Gasteiger partial charge in [0.2, 0.25) is 35.2 Å². The number of anilines is 7. The van der Waals surface area contributed by atoms with Crippen LogP contribution in [0.25, 0.3) is 0 Å². The van der Waals surface area contributed by atoms with Gasteiger partial charge in [-0.15, -0.1) is 0 Å². The average Bonchev–Trinajstić information content (AvgIpc) is 1.71. The van der Waals surface area contributed by atoms with Gasteiger partial charge in [0.15, 0.2) is 28.4 Å². The summed E-state index contributed by atoms with van der Waals surface area (Å²) in [5.41, 5.74) is 2.03. The van der Waals surface area contributed by atoms with Crippen LogP contribution in [0.4, 0.5) is 40.2 Å². The second-order valence-corrected chi connectivity index (χ2v) is 23.7. The minimum Gasteiger partial charge on any atom is -0.351 e. The van der Waals surface area contributed by atoms with Crippen LogP contribution in [0.2, 0.25) is 0 Å². The molecular formula is C63H71N23O12S. The number of benzene rings is 1. The molecule has 0 atom stereocenters. The lowest BCUT2D eigenvalue weighted by Gasteiger charge is -2.06. The standard InChI is InChI=1S/C63H71N23O12S/c1-79-24-23-64-52(79)60(95)69-36-25-42(81(3)29-36)57(92)66-20-16-49(88)74-46-34-85(7)54(77-46)62(97)70-37-26-41(80(2)30-37)56(91)65-19-12-15-48(87)73-45-33-84(6)53(76-45)61(96)71-38-27-43(82(4)31-38)58(93)67-21-17-50(89)75-47-35-86(8)55(78-47)63(98)72-39-28-44(83(5)32-39)59(94)68-22-18-51(90)99-40-13-10-9-11-14-40/h9-11,13-14,23-35H,12,15-22H2,1-8H3,(H,65,91)(H,66,92)(H,67,93)(H,68,94)(H,69,95)(H,70,97)(H,71,96)(H,72,98)(H,73,87)(H,74,88)(H,75,89). The molecule has 1 aromatic carbocycles. The summed E-state index contributed by atoms with van der Waals surface area (Å²) in [6, 6.07) is 15.0. The minimum atomic E-state index is -0.652. The zero-order valence-electron chi connectivity index (χ0n) is 54.9. The molecule has 11 amide bonds. The van der Waals surface area contributed by atoms with Gasteiger partial charge in [-0.1, -0.05) is 30.0 Å². The number of nitrogens with zero attached hydrogens (tertiary/aromatic N) is 12. The van der Waals surface area contributed by atoms with Gasteiger partial charge in [-0.3, -0.25) is 57.5 Å². The first-order valence-corrected chi connectivity index (χ1v) is 31.3. The van der Waals surface area contributed by atoms with E-state index in [9.17, 15) is 57.5 Å². The lowest BCUT2D eigenvalue weighted by molar-refractivity contribution is -0.117. The number of aromatic nitrogens is 12. The Bertz CT molecular complexity index is 4590. The first kappa shape index (κ1) is 70.7. The molecule has 0 radical (unpaired) electrons. The fourth-order valence-electron chi connectivity index (χ4n) is 9.94. The molecule has 8 heterocycles. The van der Waals surface area contributed by atoms with Crippen molar-refractivity contribution in [2.75, 3.05) is 63.4 Å². The predicted octanol–water partition coefficient (Wildman–Crippen LogP) is 3.09. The summed E-state index contributed by atoms with van der Waals surface area (Å²) in [6.45, 7) is 0.0969. The largest absolute Gasteiger partial charge is 0.351 e. The molecule has 516 valence electrons. The maximum Gasteiger partial charge on any atom is 0.291 e. The third-order valence-electron chi connectivity index (χ3n) is 14.8. The number of imidazole rings is 4. The van der Waals surface area contributed by atoms with E-state index in [0.29, 0.717) is 11.4 Å². The quantitative estimate of drug-likeness (QED) is 0.0237. The van der Waals surface area contributed by atoms with E-state index in [1.54, 1.807) is 79.5 Å². The molecule has 11 N–H and O–H groups in total. The molecule has 9 aromatic rings. The van der Waals surface area contributed by atoms with Crippen molar-refractivity contribution < 1.29 is 57.5 Å². The Hall–Kier alpha value is -12.6. The van der Waals surface area contributed by atoms with Crippen molar-refractivity contribution >= 4 is 122 Å². The molecule has 0 bridgehead atoms. The van der Waals surface area contributed by atoms with Crippen molar-refractivity contribution in [3.63, 3.8) is 0 Å². The highest BCUT2D eigenvalue weighted by Gasteiger charge is 2.24. The van der Waals surface area contributed by atoms with Gasteiger partial charge in [-0.05, 0) is 42.8 Å². The summed E-state index contributed by atoms with van der Waals surface area (Å²) in [5, 5.41) is 29.3. The number of amides is 11. The zero-order valence-corrected chi connectivity index (χ0v) is 55.7. The van der Waals surface area contributed by atoms with Gasteiger partial charge in [0.05, 0.1) is 22.7 Å². The van der Waals surface area contributed by atoms with Crippen LogP contribution in [-0.4, -0.2) is 153 Å². The lowest BCUT2D eigenvalue weighted by atomic mass is 10.3. The Kier molecular flexibility index (Phi) is 22.7. The smallest absolute Gasteiger partial charge is 0.291 e. The van der Waals surface area contributed by atoms with Crippen molar-refractivity contribution in [1.82, 2.24) is 77.7 Å². The number of carbonyl (C=O) groups excluding carboxylic acids is 12. The highest BCUT2D eigenvalue weighted by Crippen LogP contribution is 2.22. The molecule has 0 aliphatic heterocycles. The van der Waals surface area contributed by atoms with Crippen molar-refractivity contribution in [3.8, 4) is 0 Å². The molecule has 0 fully saturated rings. The van der Waals surface area contributed by atoms with Crippen LogP contribution in [0.1, 0.15) is 117 Å². The SMILES string of the molecule is Cn1cc(NC(=O)c2nc(NC(=O)CCNC(=O)c3cc(NC(=O)c4nccn4C)cn3C)cn2C)cc1C(=O)NCCCC(=O)Nc1cn(C)c(C(=O)Nc2cc(C(=O)NCCC(=O)Nc3cn(C)c(C(=O)Nc4cc(C(=O)NCCC(=O)Sc5ccccc5)n(C)c4)n3)n(C)c2)n1. The first-order chi connectivity index (χ1) is 47.2. The van der Waals surface area contributed by atoms with Crippen LogP contribution in [0.5, 0.6) is 0 Å². The van der Waals surface area contributed by atoms with Crippen molar-refractivity contribution in [2.24, 2.45) is 56.4 Å². The van der Waals surface area contributed by atoms with Gasteiger partial charge in [-0.25, -0.2) is 19.9 Å². The fourth-order valence-corrected chi connectivity index (χ4v) is 10.7. The van der Waals surface area contributed by atoms with Crippen molar-refractivity contribution in [2.45, 2.75) is 37.0 Å². The summed E-state index contributed by atoms with van der Waals surface area (Å²) < 4.78 is 11.8. The van der Waals surface area contributed by atoms with Gasteiger partial charge in [-0.2, -0.15) is 0 Å². The molecule has 36 heteroatoms. The summed E-state index contributed by atoms with van der Waals surface area (Å²) in [4.78, 5) is 173. The topological polar surface area (TPSA) is 428 Å². The second kappa shape index (κ2) is 31.7. The van der Waals surface area contributed by atoms with Crippen LogP contribution in [0.15, 0.2) is 115 Å². The van der Waals surface area contributed by atoms with E-state index in [-0.39, 0.29) is 138 Å². The van der Waals surface area contributed by atoms with Gasteiger partial charge in [0.1, 0.15) is 22.8 Å². The second-order valence-electron chi connectivity index (χ2n) is 22.6. The number of rotatable bonds is 29. The molecule has 35 nitrogen and oxygen atoms in total. The molecule has 0 aliphatic rings. The minimum absolute atomic E-state index is 0.0289. The van der Waals surface area contributed by atoms with E-state index in [0.717, 1.165) is 16.7 Å². The number of hydrogen-bond acceptors (Lipinski definition) is 17. The van der Waals surface area contributed by atoms with Crippen LogP contribution in [0.3, 0.4) is 0 Å². The summed E-state index contributed by atoms with van der Waals surface area (Å²) >= 11 is 1.09. The van der Waals surface area contributed by atoms with Gasteiger partial charge in [0, 0.05) is 169 Å². The summed E-state index contributed by atoms with van der Waals surface area (Å²) in [7, 11) is 12.8. The highest BCUT2D eigenvalue weighted by atomic mass is 32.2.